The Bertz CT molecular complexity index is 984. The van der Waals surface area contributed by atoms with Crippen LogP contribution in [-0.2, 0) is 0 Å². The minimum atomic E-state index is -0.373. The van der Waals surface area contributed by atoms with E-state index in [1.54, 1.807) is 36.7 Å². The maximum atomic E-state index is 12.7. The van der Waals surface area contributed by atoms with Crippen LogP contribution in [0.2, 0.25) is 0 Å². The van der Waals surface area contributed by atoms with Crippen molar-refractivity contribution in [2.24, 2.45) is 0 Å². The standard InChI is InChI=1S/C17H12N4O2S/c1-9-7-18-14(12-8-19-17(24-2)20-13(9)12)21-15(22)10-5-3-4-6-11(10)16(21)23/h3-8H,1-2H3. The topological polar surface area (TPSA) is 76.1 Å². The van der Waals surface area contributed by atoms with E-state index in [1.807, 2.05) is 13.2 Å². The lowest BCUT2D eigenvalue weighted by atomic mass is 10.1. The molecule has 0 atom stereocenters. The van der Waals surface area contributed by atoms with Crippen LogP contribution in [0.25, 0.3) is 10.9 Å². The Morgan fingerprint density at radius 1 is 1.00 bits per heavy atom. The molecule has 1 aliphatic rings. The van der Waals surface area contributed by atoms with Crippen molar-refractivity contribution < 1.29 is 9.59 Å². The van der Waals surface area contributed by atoms with Gasteiger partial charge in [0.25, 0.3) is 11.8 Å². The summed E-state index contributed by atoms with van der Waals surface area (Å²) in [5, 5.41) is 1.22. The molecule has 6 nitrogen and oxygen atoms in total. The number of anilines is 1. The Labute approximate surface area is 141 Å². The van der Waals surface area contributed by atoms with Gasteiger partial charge in [0.2, 0.25) is 0 Å². The number of nitrogens with zero attached hydrogens (tertiary/aromatic N) is 4. The molecule has 4 rings (SSSR count). The molecule has 1 aliphatic heterocycles. The Kier molecular flexibility index (Phi) is 3.31. The number of imide groups is 1. The van der Waals surface area contributed by atoms with Crippen molar-refractivity contribution >= 4 is 40.3 Å². The van der Waals surface area contributed by atoms with E-state index in [-0.39, 0.29) is 17.6 Å². The van der Waals surface area contributed by atoms with Crippen molar-refractivity contribution in [3.05, 3.63) is 53.3 Å². The molecule has 0 bridgehead atoms. The van der Waals surface area contributed by atoms with E-state index in [9.17, 15) is 9.59 Å². The number of carbonyl (C=O) groups is 2. The molecule has 0 radical (unpaired) electrons. The highest BCUT2D eigenvalue weighted by molar-refractivity contribution is 7.98. The first-order chi connectivity index (χ1) is 11.6. The zero-order valence-corrected chi connectivity index (χ0v) is 13.8. The normalized spacial score (nSPS) is 13.7. The average Bonchev–Trinajstić information content (AvgIpc) is 2.87. The second-order valence-corrected chi connectivity index (χ2v) is 6.15. The van der Waals surface area contributed by atoms with Crippen molar-refractivity contribution in [2.75, 3.05) is 11.2 Å². The number of pyridine rings is 1. The average molecular weight is 336 g/mol. The van der Waals surface area contributed by atoms with Crippen molar-refractivity contribution in [2.45, 2.75) is 12.1 Å². The smallest absolute Gasteiger partial charge is 0.267 e. The van der Waals surface area contributed by atoms with E-state index in [1.165, 1.54) is 11.8 Å². The van der Waals surface area contributed by atoms with Gasteiger partial charge in [-0.2, -0.15) is 0 Å². The largest absolute Gasteiger partial charge is 0.268 e. The van der Waals surface area contributed by atoms with Gasteiger partial charge in [0.05, 0.1) is 22.0 Å². The van der Waals surface area contributed by atoms with Gasteiger partial charge in [-0.05, 0) is 30.9 Å². The van der Waals surface area contributed by atoms with Crippen molar-refractivity contribution in [1.82, 2.24) is 15.0 Å². The van der Waals surface area contributed by atoms with Gasteiger partial charge in [-0.3, -0.25) is 9.59 Å². The molecule has 24 heavy (non-hydrogen) atoms. The predicted octanol–water partition coefficient (Wildman–Crippen LogP) is 2.86. The molecule has 3 aromatic rings. The molecule has 3 heterocycles. The van der Waals surface area contributed by atoms with Gasteiger partial charge in [0.15, 0.2) is 11.0 Å². The van der Waals surface area contributed by atoms with Crippen LogP contribution in [0.3, 0.4) is 0 Å². The van der Waals surface area contributed by atoms with Crippen LogP contribution >= 0.6 is 11.8 Å². The molecular weight excluding hydrogens is 324 g/mol. The number of amides is 2. The lowest BCUT2D eigenvalue weighted by Crippen LogP contribution is -2.30. The third-order valence-corrected chi connectivity index (χ3v) is 4.51. The quantitative estimate of drug-likeness (QED) is 0.407. The molecule has 118 valence electrons. The molecule has 0 spiro atoms. The Balaban J connectivity index is 1.94. The zero-order chi connectivity index (χ0) is 16.8. The number of aromatic nitrogens is 3. The van der Waals surface area contributed by atoms with E-state index >= 15 is 0 Å². The lowest BCUT2D eigenvalue weighted by molar-refractivity contribution is 0.0925. The maximum Gasteiger partial charge on any atom is 0.267 e. The van der Waals surface area contributed by atoms with Gasteiger partial charge >= 0.3 is 0 Å². The monoisotopic (exact) mass is 336 g/mol. The Morgan fingerprint density at radius 2 is 1.67 bits per heavy atom. The molecular formula is C17H12N4O2S. The number of carbonyl (C=O) groups excluding carboxylic acids is 2. The summed E-state index contributed by atoms with van der Waals surface area (Å²) in [6, 6.07) is 6.77. The number of fused-ring (bicyclic) bond motifs is 2. The first kappa shape index (κ1) is 14.8. The van der Waals surface area contributed by atoms with Crippen LogP contribution in [0.1, 0.15) is 26.3 Å². The summed E-state index contributed by atoms with van der Waals surface area (Å²) in [7, 11) is 0. The summed E-state index contributed by atoms with van der Waals surface area (Å²) in [5.41, 5.74) is 2.33. The van der Waals surface area contributed by atoms with E-state index in [4.69, 9.17) is 0 Å². The van der Waals surface area contributed by atoms with Gasteiger partial charge in [0.1, 0.15) is 0 Å². The summed E-state index contributed by atoms with van der Waals surface area (Å²) in [5.74, 6) is -0.473. The summed E-state index contributed by atoms with van der Waals surface area (Å²) >= 11 is 1.43. The minimum absolute atomic E-state index is 0.273. The molecule has 1 aromatic carbocycles. The summed E-state index contributed by atoms with van der Waals surface area (Å²) in [6.45, 7) is 1.89. The third kappa shape index (κ3) is 2.01. The Hall–Kier alpha value is -2.80. The molecule has 2 amide bonds. The molecule has 0 aliphatic carbocycles. The predicted molar refractivity (Wildman–Crippen MR) is 91.4 cm³/mol. The number of hydrogen-bond acceptors (Lipinski definition) is 6. The number of aryl methyl sites for hydroxylation is 1. The van der Waals surface area contributed by atoms with Crippen molar-refractivity contribution in [3.63, 3.8) is 0 Å². The van der Waals surface area contributed by atoms with E-state index in [0.717, 1.165) is 10.5 Å². The van der Waals surface area contributed by atoms with Crippen LogP contribution in [0.5, 0.6) is 0 Å². The van der Waals surface area contributed by atoms with Crippen LogP contribution < -0.4 is 4.90 Å². The number of thioether (sulfide) groups is 1. The third-order valence-electron chi connectivity index (χ3n) is 3.95. The highest BCUT2D eigenvalue weighted by atomic mass is 32.2. The SMILES string of the molecule is CSc1ncc2c(N3C(=O)c4ccccc4C3=O)ncc(C)c2n1. The van der Waals surface area contributed by atoms with Gasteiger partial charge in [-0.25, -0.2) is 19.9 Å². The van der Waals surface area contributed by atoms with Gasteiger partial charge < -0.3 is 0 Å². The Morgan fingerprint density at radius 3 is 2.29 bits per heavy atom. The fourth-order valence-electron chi connectivity index (χ4n) is 2.78. The van der Waals surface area contributed by atoms with Gasteiger partial charge in [0, 0.05) is 12.4 Å². The van der Waals surface area contributed by atoms with E-state index in [2.05, 4.69) is 15.0 Å². The maximum absolute atomic E-state index is 12.7. The molecule has 7 heteroatoms. The highest BCUT2D eigenvalue weighted by Gasteiger charge is 2.38. The van der Waals surface area contributed by atoms with Crippen LogP contribution in [0, 0.1) is 6.92 Å². The van der Waals surface area contributed by atoms with E-state index < -0.39 is 0 Å². The summed E-state index contributed by atoms with van der Waals surface area (Å²) in [4.78, 5) is 39.5. The second-order valence-electron chi connectivity index (χ2n) is 5.38. The van der Waals surface area contributed by atoms with Crippen molar-refractivity contribution in [3.8, 4) is 0 Å². The summed E-state index contributed by atoms with van der Waals surface area (Å²) in [6.07, 6.45) is 5.13. The van der Waals surface area contributed by atoms with Gasteiger partial charge in [-0.1, -0.05) is 23.9 Å². The molecule has 0 N–H and O–H groups in total. The van der Waals surface area contributed by atoms with Gasteiger partial charge in [-0.15, -0.1) is 0 Å². The number of rotatable bonds is 2. The number of benzene rings is 1. The molecule has 0 unspecified atom stereocenters. The zero-order valence-electron chi connectivity index (χ0n) is 13.0. The van der Waals surface area contributed by atoms with Crippen LogP contribution in [0.4, 0.5) is 5.82 Å². The summed E-state index contributed by atoms with van der Waals surface area (Å²) < 4.78 is 0. The molecule has 0 fully saturated rings. The molecule has 2 aromatic heterocycles. The van der Waals surface area contributed by atoms with E-state index in [0.29, 0.717) is 27.2 Å². The first-order valence-corrected chi connectivity index (χ1v) is 8.48. The number of hydrogen-bond donors (Lipinski definition) is 0. The highest BCUT2D eigenvalue weighted by Crippen LogP contribution is 2.32. The molecule has 0 saturated heterocycles. The fourth-order valence-corrected chi connectivity index (χ4v) is 3.12. The first-order valence-electron chi connectivity index (χ1n) is 7.26. The van der Waals surface area contributed by atoms with Crippen LogP contribution in [0.15, 0.2) is 41.8 Å². The fraction of sp³-hybridized carbons (Fsp3) is 0.118. The minimum Gasteiger partial charge on any atom is -0.268 e. The second kappa shape index (κ2) is 5.38. The molecule has 0 saturated carbocycles. The van der Waals surface area contributed by atoms with Crippen LogP contribution in [-0.4, -0.2) is 33.0 Å². The van der Waals surface area contributed by atoms with Crippen molar-refractivity contribution in [1.29, 1.82) is 0 Å². The lowest BCUT2D eigenvalue weighted by Gasteiger charge is -2.15.